The first-order valence-electron chi connectivity index (χ1n) is 5.65. The molecule has 1 amide bonds. The molecule has 0 aliphatic heterocycles. The molecule has 1 rings (SSSR count). The Morgan fingerprint density at radius 3 is 2.71 bits per heavy atom. The maximum atomic E-state index is 11.9. The van der Waals surface area contributed by atoms with E-state index in [1.165, 1.54) is 0 Å². The number of carbonyl (C=O) groups is 1. The quantitative estimate of drug-likeness (QED) is 0.813. The lowest BCUT2D eigenvalue weighted by Crippen LogP contribution is -2.34. The van der Waals surface area contributed by atoms with Crippen LogP contribution in [0.2, 0.25) is 0 Å². The number of nitrogens with one attached hydrogen (secondary N) is 1. The molecule has 0 saturated heterocycles. The molecule has 0 heterocycles. The molecule has 0 bridgehead atoms. The third-order valence-electron chi connectivity index (χ3n) is 2.54. The van der Waals surface area contributed by atoms with Gasteiger partial charge < -0.3 is 10.4 Å². The SMILES string of the molecule is Cc1cccc(C(=O)NC(C)CC(C)Cl)c1O. The summed E-state index contributed by atoms with van der Waals surface area (Å²) in [7, 11) is 0. The standard InChI is InChI=1S/C13H18ClNO2/c1-8-5-4-6-11(12(8)16)13(17)15-10(3)7-9(2)14/h4-6,9-10,16H,7H2,1-3H3,(H,15,17). The highest BCUT2D eigenvalue weighted by molar-refractivity contribution is 6.20. The Kier molecular flexibility index (Phi) is 4.82. The van der Waals surface area contributed by atoms with Gasteiger partial charge in [0, 0.05) is 11.4 Å². The molecule has 2 N–H and O–H groups in total. The second-order valence-corrected chi connectivity index (χ2v) is 5.11. The van der Waals surface area contributed by atoms with Gasteiger partial charge in [-0.05, 0) is 38.8 Å². The van der Waals surface area contributed by atoms with Crippen molar-refractivity contribution < 1.29 is 9.90 Å². The van der Waals surface area contributed by atoms with Crippen LogP contribution in [0.5, 0.6) is 5.75 Å². The van der Waals surface area contributed by atoms with E-state index in [0.29, 0.717) is 17.5 Å². The number of phenolic OH excluding ortho intramolecular Hbond substituents is 1. The number of hydrogen-bond acceptors (Lipinski definition) is 2. The van der Waals surface area contributed by atoms with E-state index in [9.17, 15) is 9.90 Å². The molecule has 17 heavy (non-hydrogen) atoms. The van der Waals surface area contributed by atoms with Crippen molar-refractivity contribution in [2.45, 2.75) is 38.6 Å². The topological polar surface area (TPSA) is 49.3 Å². The lowest BCUT2D eigenvalue weighted by molar-refractivity contribution is 0.0935. The third kappa shape index (κ3) is 3.93. The number of benzene rings is 1. The van der Waals surface area contributed by atoms with E-state index in [2.05, 4.69) is 5.32 Å². The van der Waals surface area contributed by atoms with Crippen molar-refractivity contribution in [3.05, 3.63) is 29.3 Å². The second-order valence-electron chi connectivity index (χ2n) is 4.36. The molecule has 1 aromatic rings. The average molecular weight is 256 g/mol. The number of aromatic hydroxyl groups is 1. The number of alkyl halides is 1. The summed E-state index contributed by atoms with van der Waals surface area (Å²) < 4.78 is 0. The normalized spacial score (nSPS) is 14.1. The monoisotopic (exact) mass is 255 g/mol. The molecule has 0 aliphatic rings. The minimum atomic E-state index is -0.268. The van der Waals surface area contributed by atoms with Gasteiger partial charge in [0.2, 0.25) is 0 Å². The Hall–Kier alpha value is -1.22. The molecule has 0 spiro atoms. The van der Waals surface area contributed by atoms with Crippen molar-refractivity contribution in [1.29, 1.82) is 0 Å². The Labute approximate surface area is 107 Å². The van der Waals surface area contributed by atoms with E-state index in [-0.39, 0.29) is 23.1 Å². The van der Waals surface area contributed by atoms with Crippen molar-refractivity contribution in [3.8, 4) is 5.75 Å². The zero-order chi connectivity index (χ0) is 13.0. The number of amides is 1. The molecule has 4 heteroatoms. The van der Waals surface area contributed by atoms with E-state index in [0.717, 1.165) is 0 Å². The molecule has 2 atom stereocenters. The van der Waals surface area contributed by atoms with Gasteiger partial charge in [-0.15, -0.1) is 11.6 Å². The van der Waals surface area contributed by atoms with Crippen LogP contribution in [0.1, 0.15) is 36.2 Å². The number of phenols is 1. The summed E-state index contributed by atoms with van der Waals surface area (Å²) in [5, 5.41) is 12.6. The summed E-state index contributed by atoms with van der Waals surface area (Å²) in [6.07, 6.45) is 0.694. The molecule has 2 unspecified atom stereocenters. The van der Waals surface area contributed by atoms with E-state index in [4.69, 9.17) is 11.6 Å². The summed E-state index contributed by atoms with van der Waals surface area (Å²) in [6.45, 7) is 5.54. The molecule has 0 fully saturated rings. The Morgan fingerprint density at radius 2 is 2.12 bits per heavy atom. The Balaban J connectivity index is 2.73. The fourth-order valence-corrected chi connectivity index (χ4v) is 1.96. The first-order valence-corrected chi connectivity index (χ1v) is 6.09. The summed E-state index contributed by atoms with van der Waals surface area (Å²) in [5.41, 5.74) is 0.995. The van der Waals surface area contributed by atoms with Crippen LogP contribution in [0, 0.1) is 6.92 Å². The molecule has 3 nitrogen and oxygen atoms in total. The maximum Gasteiger partial charge on any atom is 0.255 e. The van der Waals surface area contributed by atoms with Crippen molar-refractivity contribution in [2.75, 3.05) is 0 Å². The zero-order valence-electron chi connectivity index (χ0n) is 10.3. The van der Waals surface area contributed by atoms with Gasteiger partial charge in [0.1, 0.15) is 5.75 Å². The molecule has 0 aromatic heterocycles. The van der Waals surface area contributed by atoms with Crippen LogP contribution < -0.4 is 5.32 Å². The van der Waals surface area contributed by atoms with Crippen LogP contribution in [0.15, 0.2) is 18.2 Å². The number of halogens is 1. The first kappa shape index (κ1) is 13.8. The Bertz CT molecular complexity index is 404. The van der Waals surface area contributed by atoms with Crippen LogP contribution >= 0.6 is 11.6 Å². The number of hydrogen-bond donors (Lipinski definition) is 2. The van der Waals surface area contributed by atoms with Crippen molar-refractivity contribution >= 4 is 17.5 Å². The molecule has 0 saturated carbocycles. The lowest BCUT2D eigenvalue weighted by atomic mass is 10.1. The van der Waals surface area contributed by atoms with Crippen LogP contribution in [-0.2, 0) is 0 Å². The van der Waals surface area contributed by atoms with Crippen LogP contribution in [-0.4, -0.2) is 22.4 Å². The third-order valence-corrected chi connectivity index (χ3v) is 2.72. The smallest absolute Gasteiger partial charge is 0.255 e. The molecule has 0 aliphatic carbocycles. The highest BCUT2D eigenvalue weighted by atomic mass is 35.5. The Morgan fingerprint density at radius 1 is 1.47 bits per heavy atom. The fourth-order valence-electron chi connectivity index (χ4n) is 1.69. The molecule has 0 radical (unpaired) electrons. The minimum absolute atomic E-state index is 0.0106. The molecular formula is C13H18ClNO2. The molecular weight excluding hydrogens is 238 g/mol. The minimum Gasteiger partial charge on any atom is -0.507 e. The van der Waals surface area contributed by atoms with Crippen molar-refractivity contribution in [2.24, 2.45) is 0 Å². The highest BCUT2D eigenvalue weighted by Crippen LogP contribution is 2.21. The maximum absolute atomic E-state index is 11.9. The van der Waals surface area contributed by atoms with Gasteiger partial charge in [-0.1, -0.05) is 12.1 Å². The second kappa shape index (κ2) is 5.92. The van der Waals surface area contributed by atoms with E-state index < -0.39 is 0 Å². The van der Waals surface area contributed by atoms with Crippen LogP contribution in [0.3, 0.4) is 0 Å². The lowest BCUT2D eigenvalue weighted by Gasteiger charge is -2.15. The van der Waals surface area contributed by atoms with Gasteiger partial charge in [-0.2, -0.15) is 0 Å². The van der Waals surface area contributed by atoms with Crippen LogP contribution in [0.4, 0.5) is 0 Å². The van der Waals surface area contributed by atoms with E-state index in [1.54, 1.807) is 25.1 Å². The summed E-state index contributed by atoms with van der Waals surface area (Å²) in [5.74, 6) is -0.230. The van der Waals surface area contributed by atoms with Gasteiger partial charge in [-0.25, -0.2) is 0 Å². The predicted molar refractivity (Wildman–Crippen MR) is 69.7 cm³/mol. The van der Waals surface area contributed by atoms with Gasteiger partial charge in [0.15, 0.2) is 0 Å². The first-order chi connectivity index (χ1) is 7.91. The number of aryl methyl sites for hydroxylation is 1. The summed E-state index contributed by atoms with van der Waals surface area (Å²) in [6, 6.07) is 5.10. The van der Waals surface area contributed by atoms with Gasteiger partial charge in [0.25, 0.3) is 5.91 Å². The number of carbonyl (C=O) groups excluding carboxylic acids is 1. The zero-order valence-corrected chi connectivity index (χ0v) is 11.1. The van der Waals surface area contributed by atoms with Gasteiger partial charge in [0.05, 0.1) is 5.56 Å². The predicted octanol–water partition coefficient (Wildman–Crippen LogP) is 2.84. The van der Waals surface area contributed by atoms with Gasteiger partial charge in [-0.3, -0.25) is 4.79 Å². The molecule has 1 aromatic carbocycles. The van der Waals surface area contributed by atoms with E-state index >= 15 is 0 Å². The van der Waals surface area contributed by atoms with Crippen molar-refractivity contribution in [1.82, 2.24) is 5.32 Å². The number of para-hydroxylation sites is 1. The highest BCUT2D eigenvalue weighted by Gasteiger charge is 2.15. The molecule has 94 valence electrons. The largest absolute Gasteiger partial charge is 0.507 e. The summed E-state index contributed by atoms with van der Waals surface area (Å²) in [4.78, 5) is 11.9. The average Bonchev–Trinajstić information content (AvgIpc) is 2.20. The fraction of sp³-hybridized carbons (Fsp3) is 0.462. The number of rotatable bonds is 4. The van der Waals surface area contributed by atoms with Crippen molar-refractivity contribution in [3.63, 3.8) is 0 Å². The van der Waals surface area contributed by atoms with E-state index in [1.807, 2.05) is 13.8 Å². The van der Waals surface area contributed by atoms with Gasteiger partial charge >= 0.3 is 0 Å². The summed E-state index contributed by atoms with van der Waals surface area (Å²) >= 11 is 5.86. The van der Waals surface area contributed by atoms with Crippen LogP contribution in [0.25, 0.3) is 0 Å².